The average molecular weight is 312 g/mol. The standard InChI is InChI=1S/C19H12N4O/c1-22-14-10-20-18-16(11-6-2-5-9-15(11)24-18)17(14)23-13-8-4-3-7-12(13)21-19(22)23/h2-10H,1H3. The van der Waals surface area contributed by atoms with E-state index >= 15 is 0 Å². The topological polar surface area (TPSA) is 48.3 Å². The summed E-state index contributed by atoms with van der Waals surface area (Å²) >= 11 is 0. The molecule has 0 spiro atoms. The van der Waals surface area contributed by atoms with E-state index in [0.717, 1.165) is 44.2 Å². The predicted octanol–water partition coefficient (Wildman–Crippen LogP) is 4.27. The molecule has 0 saturated carbocycles. The van der Waals surface area contributed by atoms with Crippen molar-refractivity contribution < 1.29 is 4.42 Å². The van der Waals surface area contributed by atoms with Gasteiger partial charge in [-0.2, -0.15) is 0 Å². The highest BCUT2D eigenvalue weighted by atomic mass is 16.3. The zero-order chi connectivity index (χ0) is 15.8. The van der Waals surface area contributed by atoms with Crippen molar-refractivity contribution in [3.63, 3.8) is 0 Å². The van der Waals surface area contributed by atoms with E-state index < -0.39 is 0 Å². The van der Waals surface area contributed by atoms with Crippen molar-refractivity contribution in [2.75, 3.05) is 0 Å². The highest BCUT2D eigenvalue weighted by Gasteiger charge is 2.19. The van der Waals surface area contributed by atoms with Crippen LogP contribution in [-0.2, 0) is 7.05 Å². The summed E-state index contributed by atoms with van der Waals surface area (Å²) < 4.78 is 10.2. The van der Waals surface area contributed by atoms with Crippen molar-refractivity contribution in [2.24, 2.45) is 7.05 Å². The Morgan fingerprint density at radius 2 is 1.79 bits per heavy atom. The van der Waals surface area contributed by atoms with Crippen LogP contribution >= 0.6 is 0 Å². The van der Waals surface area contributed by atoms with Crippen LogP contribution in [0.4, 0.5) is 0 Å². The molecular formula is C19H12N4O. The van der Waals surface area contributed by atoms with Crippen LogP contribution in [0, 0.1) is 0 Å². The van der Waals surface area contributed by atoms with Crippen molar-refractivity contribution in [1.29, 1.82) is 0 Å². The van der Waals surface area contributed by atoms with Crippen LogP contribution < -0.4 is 0 Å². The van der Waals surface area contributed by atoms with Crippen LogP contribution in [0.2, 0.25) is 0 Å². The fourth-order valence-electron chi connectivity index (χ4n) is 3.70. The third kappa shape index (κ3) is 1.27. The smallest absolute Gasteiger partial charge is 0.229 e. The molecule has 0 saturated heterocycles. The molecule has 0 amide bonds. The molecule has 0 N–H and O–H groups in total. The first kappa shape index (κ1) is 12.1. The number of imidazole rings is 2. The van der Waals surface area contributed by atoms with Gasteiger partial charge in [-0.3, -0.25) is 4.40 Å². The Hall–Kier alpha value is -3.34. The molecule has 5 nitrogen and oxygen atoms in total. The number of furan rings is 1. The normalized spacial score (nSPS) is 12.4. The lowest BCUT2D eigenvalue weighted by atomic mass is 10.2. The number of fused-ring (bicyclic) bond motifs is 9. The van der Waals surface area contributed by atoms with Crippen LogP contribution in [0.3, 0.4) is 0 Å². The number of pyridine rings is 1. The number of para-hydroxylation sites is 3. The molecule has 6 aromatic rings. The minimum Gasteiger partial charge on any atom is -0.438 e. The van der Waals surface area contributed by atoms with Gasteiger partial charge in [0, 0.05) is 12.4 Å². The number of aryl methyl sites for hydroxylation is 1. The minimum absolute atomic E-state index is 0.661. The summed E-state index contributed by atoms with van der Waals surface area (Å²) in [4.78, 5) is 9.32. The molecular weight excluding hydrogens is 300 g/mol. The molecule has 6 rings (SSSR count). The van der Waals surface area contributed by atoms with Gasteiger partial charge in [0.2, 0.25) is 11.5 Å². The van der Waals surface area contributed by atoms with Crippen molar-refractivity contribution >= 4 is 49.9 Å². The fraction of sp³-hybridized carbons (Fsp3) is 0.0526. The van der Waals surface area contributed by atoms with Gasteiger partial charge in [-0.15, -0.1) is 0 Å². The number of nitrogens with zero attached hydrogens (tertiary/aromatic N) is 4. The molecule has 4 aromatic heterocycles. The van der Waals surface area contributed by atoms with Crippen molar-refractivity contribution in [1.82, 2.24) is 18.9 Å². The largest absolute Gasteiger partial charge is 0.438 e. The van der Waals surface area contributed by atoms with Gasteiger partial charge >= 0.3 is 0 Å². The number of aromatic nitrogens is 4. The van der Waals surface area contributed by atoms with E-state index in [-0.39, 0.29) is 0 Å². The first-order chi connectivity index (χ1) is 11.8. The van der Waals surface area contributed by atoms with E-state index in [1.807, 2.05) is 49.6 Å². The van der Waals surface area contributed by atoms with E-state index in [1.165, 1.54) is 0 Å². The van der Waals surface area contributed by atoms with E-state index in [1.54, 1.807) is 0 Å². The quantitative estimate of drug-likeness (QED) is 0.421. The maximum absolute atomic E-state index is 5.95. The third-order valence-electron chi connectivity index (χ3n) is 4.79. The summed E-state index contributed by atoms with van der Waals surface area (Å²) in [6.07, 6.45) is 1.86. The predicted molar refractivity (Wildman–Crippen MR) is 94.2 cm³/mol. The Bertz CT molecular complexity index is 1420. The zero-order valence-corrected chi connectivity index (χ0v) is 12.9. The van der Waals surface area contributed by atoms with Gasteiger partial charge in [0.25, 0.3) is 0 Å². The van der Waals surface area contributed by atoms with E-state index in [4.69, 9.17) is 9.40 Å². The highest BCUT2D eigenvalue weighted by molar-refractivity contribution is 6.17. The Balaban J connectivity index is 2.03. The van der Waals surface area contributed by atoms with Gasteiger partial charge in [0.1, 0.15) is 5.58 Å². The van der Waals surface area contributed by atoms with E-state index in [9.17, 15) is 0 Å². The molecule has 0 unspecified atom stereocenters. The number of hydrogen-bond acceptors (Lipinski definition) is 3. The molecule has 0 radical (unpaired) electrons. The second-order valence-corrected chi connectivity index (χ2v) is 6.07. The number of hydrogen-bond donors (Lipinski definition) is 0. The molecule has 0 aliphatic heterocycles. The minimum atomic E-state index is 0.661. The molecule has 0 atom stereocenters. The van der Waals surface area contributed by atoms with Crippen LogP contribution in [0.15, 0.2) is 59.1 Å². The maximum Gasteiger partial charge on any atom is 0.229 e. The molecule has 5 heteroatoms. The molecule has 2 aromatic carbocycles. The van der Waals surface area contributed by atoms with Crippen molar-refractivity contribution in [3.05, 3.63) is 54.7 Å². The summed E-state index contributed by atoms with van der Waals surface area (Å²) in [6.45, 7) is 0. The maximum atomic E-state index is 5.95. The summed E-state index contributed by atoms with van der Waals surface area (Å²) in [5.41, 5.74) is 5.74. The van der Waals surface area contributed by atoms with Crippen molar-refractivity contribution in [3.8, 4) is 0 Å². The molecule has 24 heavy (non-hydrogen) atoms. The number of rotatable bonds is 0. The first-order valence-corrected chi connectivity index (χ1v) is 7.85. The molecule has 0 aliphatic carbocycles. The van der Waals surface area contributed by atoms with Crippen LogP contribution in [-0.4, -0.2) is 18.9 Å². The van der Waals surface area contributed by atoms with Crippen LogP contribution in [0.5, 0.6) is 0 Å². The summed E-state index contributed by atoms with van der Waals surface area (Å²) in [7, 11) is 2.03. The Morgan fingerprint density at radius 3 is 2.75 bits per heavy atom. The summed E-state index contributed by atoms with van der Waals surface area (Å²) in [5.74, 6) is 0.908. The Morgan fingerprint density at radius 1 is 0.958 bits per heavy atom. The number of benzene rings is 2. The SMILES string of the molecule is Cn1c2cnc3oc4ccccc4c3c2n2c3ccccc3nc12. The summed E-state index contributed by atoms with van der Waals surface area (Å²) in [5, 5.41) is 2.12. The second kappa shape index (κ2) is 3.94. The van der Waals surface area contributed by atoms with Gasteiger partial charge in [-0.1, -0.05) is 30.3 Å². The van der Waals surface area contributed by atoms with Gasteiger partial charge in [0.05, 0.1) is 33.6 Å². The fourth-order valence-corrected chi connectivity index (χ4v) is 3.70. The molecule has 0 fully saturated rings. The molecule has 0 bridgehead atoms. The van der Waals surface area contributed by atoms with Gasteiger partial charge < -0.3 is 8.98 Å². The first-order valence-electron chi connectivity index (χ1n) is 7.85. The molecule has 114 valence electrons. The van der Waals surface area contributed by atoms with Gasteiger partial charge in [0.15, 0.2) is 0 Å². The zero-order valence-electron chi connectivity index (χ0n) is 12.9. The van der Waals surface area contributed by atoms with Gasteiger partial charge in [-0.05, 0) is 18.2 Å². The second-order valence-electron chi connectivity index (χ2n) is 6.07. The monoisotopic (exact) mass is 312 g/mol. The molecule has 4 heterocycles. The Kier molecular flexibility index (Phi) is 1.99. The molecule has 0 aliphatic rings. The van der Waals surface area contributed by atoms with Crippen molar-refractivity contribution in [2.45, 2.75) is 0 Å². The lowest BCUT2D eigenvalue weighted by molar-refractivity contribution is 0.654. The van der Waals surface area contributed by atoms with Gasteiger partial charge in [-0.25, -0.2) is 9.97 Å². The van der Waals surface area contributed by atoms with E-state index in [2.05, 4.69) is 26.1 Å². The van der Waals surface area contributed by atoms with E-state index in [0.29, 0.717) is 5.71 Å². The summed E-state index contributed by atoms with van der Waals surface area (Å²) in [6, 6.07) is 16.3. The highest BCUT2D eigenvalue weighted by Crippen LogP contribution is 2.35. The third-order valence-corrected chi connectivity index (χ3v) is 4.79. The lowest BCUT2D eigenvalue weighted by Crippen LogP contribution is -1.88. The Labute approximate surface area is 135 Å². The average Bonchev–Trinajstić information content (AvgIpc) is 3.25. The van der Waals surface area contributed by atoms with Crippen LogP contribution in [0.1, 0.15) is 0 Å². The van der Waals surface area contributed by atoms with Crippen LogP contribution in [0.25, 0.3) is 49.9 Å². The lowest BCUT2D eigenvalue weighted by Gasteiger charge is -1.97.